The van der Waals surface area contributed by atoms with Crippen LogP contribution in [0.1, 0.15) is 13.3 Å². The fourth-order valence-electron chi connectivity index (χ4n) is 2.60. The Morgan fingerprint density at radius 3 is 2.78 bits per heavy atom. The predicted octanol–water partition coefficient (Wildman–Crippen LogP) is 3.69. The van der Waals surface area contributed by atoms with Crippen molar-refractivity contribution in [2.45, 2.75) is 29.7 Å². The highest BCUT2D eigenvalue weighted by Gasteiger charge is 2.33. The van der Waals surface area contributed by atoms with Crippen molar-refractivity contribution in [1.82, 2.24) is 9.97 Å². The second-order valence-electron chi connectivity index (χ2n) is 5.44. The Hall–Kier alpha value is -2.34. The van der Waals surface area contributed by atoms with Gasteiger partial charge in [-0.3, -0.25) is 4.79 Å². The fraction of sp³-hybridized carbons (Fsp3) is 0.235. The van der Waals surface area contributed by atoms with Gasteiger partial charge in [-0.25, -0.2) is 9.97 Å². The Labute approximate surface area is 137 Å². The normalized spacial score (nSPS) is 20.8. The minimum absolute atomic E-state index is 0.0438. The second-order valence-corrected chi connectivity index (χ2v) is 6.63. The van der Waals surface area contributed by atoms with Crippen LogP contribution in [0.3, 0.4) is 0 Å². The van der Waals surface area contributed by atoms with E-state index in [-0.39, 0.29) is 17.3 Å². The zero-order chi connectivity index (χ0) is 15.8. The molecule has 2 atom stereocenters. The number of carbonyl (C=O) groups excluding carboxylic acids is 1. The number of aromatic nitrogens is 2. The van der Waals surface area contributed by atoms with Crippen LogP contribution in [0.25, 0.3) is 22.5 Å². The van der Waals surface area contributed by atoms with E-state index in [9.17, 15) is 4.79 Å². The Kier molecular flexibility index (Phi) is 3.53. The molecule has 0 unspecified atom stereocenters. The molecule has 0 aliphatic carbocycles. The lowest BCUT2D eigenvalue weighted by Crippen LogP contribution is -2.10. The minimum Gasteiger partial charge on any atom is -0.462 e. The number of carbonyl (C=O) groups is 1. The van der Waals surface area contributed by atoms with Crippen molar-refractivity contribution in [3.05, 3.63) is 42.7 Å². The quantitative estimate of drug-likeness (QED) is 0.540. The van der Waals surface area contributed by atoms with Crippen LogP contribution in [-0.4, -0.2) is 27.3 Å². The predicted molar refractivity (Wildman–Crippen MR) is 87.1 cm³/mol. The number of fused-ring (bicyclic) bond motifs is 1. The summed E-state index contributed by atoms with van der Waals surface area (Å²) in [4.78, 5) is 21.1. The Bertz CT molecular complexity index is 863. The maximum atomic E-state index is 11.9. The zero-order valence-electron chi connectivity index (χ0n) is 12.4. The first-order valence-corrected chi connectivity index (χ1v) is 8.26. The number of esters is 1. The SMILES string of the molecule is C[C@@H]1C[C@H](Sc2nc(-c3ccco3)nc3ccccc23)C(=O)O1. The Balaban J connectivity index is 1.79. The molecule has 3 heterocycles. The Morgan fingerprint density at radius 1 is 1.17 bits per heavy atom. The molecule has 0 radical (unpaired) electrons. The maximum Gasteiger partial charge on any atom is 0.319 e. The summed E-state index contributed by atoms with van der Waals surface area (Å²) >= 11 is 1.44. The summed E-state index contributed by atoms with van der Waals surface area (Å²) in [6.07, 6.45) is 2.24. The summed E-state index contributed by atoms with van der Waals surface area (Å²) < 4.78 is 10.6. The summed E-state index contributed by atoms with van der Waals surface area (Å²) in [7, 11) is 0. The van der Waals surface area contributed by atoms with E-state index in [1.807, 2.05) is 37.3 Å². The summed E-state index contributed by atoms with van der Waals surface area (Å²) in [6, 6.07) is 11.4. The smallest absolute Gasteiger partial charge is 0.319 e. The van der Waals surface area contributed by atoms with E-state index < -0.39 is 0 Å². The number of hydrogen-bond acceptors (Lipinski definition) is 6. The molecule has 1 fully saturated rings. The molecule has 1 aliphatic rings. The average molecular weight is 326 g/mol. The van der Waals surface area contributed by atoms with Crippen LogP contribution in [0, 0.1) is 0 Å². The van der Waals surface area contributed by atoms with Crippen LogP contribution >= 0.6 is 11.8 Å². The third kappa shape index (κ3) is 2.70. The average Bonchev–Trinajstić information content (AvgIpc) is 3.17. The van der Waals surface area contributed by atoms with E-state index in [0.29, 0.717) is 18.0 Å². The zero-order valence-corrected chi connectivity index (χ0v) is 13.2. The molecular formula is C17H14N2O3S. The lowest BCUT2D eigenvalue weighted by atomic mass is 10.2. The monoisotopic (exact) mass is 326 g/mol. The van der Waals surface area contributed by atoms with Gasteiger partial charge in [-0.05, 0) is 25.1 Å². The van der Waals surface area contributed by atoms with Gasteiger partial charge in [0.1, 0.15) is 16.4 Å². The lowest BCUT2D eigenvalue weighted by molar-refractivity contribution is -0.140. The maximum absolute atomic E-state index is 11.9. The molecule has 1 saturated heterocycles. The topological polar surface area (TPSA) is 65.2 Å². The highest BCUT2D eigenvalue weighted by atomic mass is 32.2. The third-order valence-corrected chi connectivity index (χ3v) is 4.89. The van der Waals surface area contributed by atoms with E-state index in [0.717, 1.165) is 15.9 Å². The van der Waals surface area contributed by atoms with Crippen molar-refractivity contribution in [3.63, 3.8) is 0 Å². The van der Waals surface area contributed by atoms with E-state index in [1.165, 1.54) is 11.8 Å². The van der Waals surface area contributed by atoms with Gasteiger partial charge >= 0.3 is 5.97 Å². The van der Waals surface area contributed by atoms with Gasteiger partial charge in [0.15, 0.2) is 11.6 Å². The molecule has 3 aromatic rings. The summed E-state index contributed by atoms with van der Waals surface area (Å²) in [5.41, 5.74) is 0.829. The second kappa shape index (κ2) is 5.70. The molecule has 116 valence electrons. The van der Waals surface area contributed by atoms with Crippen LogP contribution in [0.2, 0.25) is 0 Å². The van der Waals surface area contributed by atoms with Gasteiger partial charge in [0, 0.05) is 11.8 Å². The van der Waals surface area contributed by atoms with Gasteiger partial charge in [0.2, 0.25) is 0 Å². The summed E-state index contributed by atoms with van der Waals surface area (Å²) in [5, 5.41) is 1.48. The number of thioether (sulfide) groups is 1. The molecule has 1 aromatic carbocycles. The standard InChI is InChI=1S/C17H14N2O3S/c1-10-9-14(17(20)22-10)23-16-11-5-2-3-6-12(11)18-15(19-16)13-7-4-8-21-13/h2-8,10,14H,9H2,1H3/t10-,14+/m1/s1. The number of nitrogens with zero attached hydrogens (tertiary/aromatic N) is 2. The molecule has 0 amide bonds. The third-order valence-electron chi connectivity index (χ3n) is 3.69. The number of rotatable bonds is 3. The summed E-state index contributed by atoms with van der Waals surface area (Å²) in [6.45, 7) is 1.91. The molecule has 0 spiro atoms. The Morgan fingerprint density at radius 2 is 2.04 bits per heavy atom. The van der Waals surface area contributed by atoms with Crippen molar-refractivity contribution >= 4 is 28.6 Å². The van der Waals surface area contributed by atoms with Gasteiger partial charge in [0.25, 0.3) is 0 Å². The molecular weight excluding hydrogens is 312 g/mol. The van der Waals surface area contributed by atoms with Crippen LogP contribution in [-0.2, 0) is 9.53 Å². The van der Waals surface area contributed by atoms with E-state index >= 15 is 0 Å². The largest absolute Gasteiger partial charge is 0.462 e. The van der Waals surface area contributed by atoms with Gasteiger partial charge in [0.05, 0.1) is 11.8 Å². The first-order chi connectivity index (χ1) is 11.2. The van der Waals surface area contributed by atoms with Crippen LogP contribution in [0.15, 0.2) is 52.1 Å². The van der Waals surface area contributed by atoms with E-state index in [4.69, 9.17) is 9.15 Å². The van der Waals surface area contributed by atoms with Crippen molar-refractivity contribution in [3.8, 4) is 11.6 Å². The molecule has 0 N–H and O–H groups in total. The van der Waals surface area contributed by atoms with E-state index in [2.05, 4.69) is 9.97 Å². The fourth-order valence-corrected chi connectivity index (χ4v) is 3.83. The highest BCUT2D eigenvalue weighted by molar-refractivity contribution is 8.00. The molecule has 0 saturated carbocycles. The van der Waals surface area contributed by atoms with Gasteiger partial charge < -0.3 is 9.15 Å². The molecule has 6 heteroatoms. The molecule has 5 nitrogen and oxygen atoms in total. The molecule has 23 heavy (non-hydrogen) atoms. The first-order valence-electron chi connectivity index (χ1n) is 7.38. The van der Waals surface area contributed by atoms with Gasteiger partial charge in [-0.15, -0.1) is 0 Å². The molecule has 1 aliphatic heterocycles. The highest BCUT2D eigenvalue weighted by Crippen LogP contribution is 2.35. The number of hydrogen-bond donors (Lipinski definition) is 0. The number of ether oxygens (including phenoxy) is 1. The lowest BCUT2D eigenvalue weighted by Gasteiger charge is -2.09. The van der Waals surface area contributed by atoms with Crippen molar-refractivity contribution in [2.75, 3.05) is 0 Å². The first kappa shape index (κ1) is 14.3. The number of para-hydroxylation sites is 1. The molecule has 0 bridgehead atoms. The molecule has 4 rings (SSSR count). The number of benzene rings is 1. The van der Waals surface area contributed by atoms with Gasteiger partial charge in [-0.2, -0.15) is 0 Å². The number of cyclic esters (lactones) is 1. The van der Waals surface area contributed by atoms with Crippen molar-refractivity contribution in [2.24, 2.45) is 0 Å². The number of furan rings is 1. The van der Waals surface area contributed by atoms with Crippen molar-refractivity contribution < 1.29 is 13.9 Å². The van der Waals surface area contributed by atoms with E-state index in [1.54, 1.807) is 12.3 Å². The van der Waals surface area contributed by atoms with Gasteiger partial charge in [-0.1, -0.05) is 30.0 Å². The van der Waals surface area contributed by atoms with Crippen LogP contribution in [0.4, 0.5) is 0 Å². The minimum atomic E-state index is -0.229. The summed E-state index contributed by atoms with van der Waals surface area (Å²) in [5.74, 6) is 0.959. The molecule has 2 aromatic heterocycles. The van der Waals surface area contributed by atoms with Crippen LogP contribution < -0.4 is 0 Å². The van der Waals surface area contributed by atoms with Crippen molar-refractivity contribution in [1.29, 1.82) is 0 Å². The van der Waals surface area contributed by atoms with Crippen LogP contribution in [0.5, 0.6) is 0 Å².